The number of aromatic nitrogens is 1. The van der Waals surface area contributed by atoms with Gasteiger partial charge in [-0.25, -0.2) is 0 Å². The lowest BCUT2D eigenvalue weighted by atomic mass is 10.0. The van der Waals surface area contributed by atoms with Crippen LogP contribution in [0.3, 0.4) is 0 Å². The first-order valence-corrected chi connectivity index (χ1v) is 13.1. The Morgan fingerprint density at radius 2 is 1.77 bits per heavy atom. The number of nitrogens with zero attached hydrogens (tertiary/aromatic N) is 5. The minimum Gasteiger partial charge on any atom is -0.355 e. The molecule has 0 aliphatic carbocycles. The summed E-state index contributed by atoms with van der Waals surface area (Å²) in [6.45, 7) is 10.6. The molecule has 4 rings (SSSR count). The molecule has 182 valence electrons. The highest BCUT2D eigenvalue weighted by Gasteiger charge is 2.32. The zero-order valence-electron chi connectivity index (χ0n) is 20.3. The third-order valence-corrected chi connectivity index (χ3v) is 7.93. The molecule has 0 N–H and O–H groups in total. The number of carbonyl (C=O) groups excluding carboxylic acids is 1. The molecule has 0 unspecified atom stereocenters. The minimum atomic E-state index is -0.285. The van der Waals surface area contributed by atoms with Crippen molar-refractivity contribution in [2.24, 2.45) is 0 Å². The number of piperazine rings is 1. The molecule has 2 aliphatic heterocycles. The fraction of sp³-hybridized carbons (Fsp3) is 0.385. The maximum Gasteiger partial charge on any atom is 0.270 e. The first-order chi connectivity index (χ1) is 16.9. The third-order valence-electron chi connectivity index (χ3n) is 6.55. The smallest absolute Gasteiger partial charge is 0.270 e. The van der Waals surface area contributed by atoms with Crippen molar-refractivity contribution in [3.05, 3.63) is 67.8 Å². The number of pyridine rings is 1. The van der Waals surface area contributed by atoms with Crippen molar-refractivity contribution in [3.8, 4) is 6.07 Å². The molecule has 2 fully saturated rings. The monoisotopic (exact) mass is 507 g/mol. The maximum atomic E-state index is 13.2. The molecule has 0 bridgehead atoms. The van der Waals surface area contributed by atoms with Gasteiger partial charge in [0.1, 0.15) is 21.8 Å². The Kier molecular flexibility index (Phi) is 7.75. The number of thioether (sulfide) groups is 1. The normalized spacial score (nSPS) is 17.9. The molecule has 7 nitrogen and oxygen atoms in total. The molecule has 0 saturated carbocycles. The molecule has 1 amide bonds. The number of amides is 1. The van der Waals surface area contributed by atoms with Crippen molar-refractivity contribution in [2.75, 3.05) is 37.6 Å². The number of hydrogen-bond donors (Lipinski definition) is 0. The van der Waals surface area contributed by atoms with Gasteiger partial charge in [-0.05, 0) is 38.0 Å². The predicted molar refractivity (Wildman–Crippen MR) is 145 cm³/mol. The molecule has 9 heteroatoms. The lowest BCUT2D eigenvalue weighted by Gasteiger charge is -2.38. The van der Waals surface area contributed by atoms with Crippen LogP contribution in [0.15, 0.2) is 40.0 Å². The second kappa shape index (κ2) is 10.8. The van der Waals surface area contributed by atoms with E-state index in [1.165, 1.54) is 17.3 Å². The van der Waals surface area contributed by atoms with E-state index in [0.29, 0.717) is 27.9 Å². The van der Waals surface area contributed by atoms with E-state index in [2.05, 4.69) is 40.1 Å². The fourth-order valence-corrected chi connectivity index (χ4v) is 6.01. The van der Waals surface area contributed by atoms with Gasteiger partial charge in [-0.1, -0.05) is 54.3 Å². The second-order valence-electron chi connectivity index (χ2n) is 8.57. The fourth-order valence-electron chi connectivity index (χ4n) is 4.64. The molecule has 2 aliphatic rings. The zero-order chi connectivity index (χ0) is 25.1. The predicted octanol–water partition coefficient (Wildman–Crippen LogP) is 3.59. The summed E-state index contributed by atoms with van der Waals surface area (Å²) in [6, 6.07) is 12.5. The maximum absolute atomic E-state index is 13.2. The Bertz CT molecular complexity index is 1270. The third kappa shape index (κ3) is 4.92. The van der Waals surface area contributed by atoms with Gasteiger partial charge in [0.25, 0.3) is 11.5 Å². The molecule has 0 spiro atoms. The molecule has 0 atom stereocenters. The van der Waals surface area contributed by atoms with E-state index in [9.17, 15) is 14.9 Å². The van der Waals surface area contributed by atoms with Crippen LogP contribution < -0.4 is 10.5 Å². The van der Waals surface area contributed by atoms with Crippen molar-refractivity contribution in [1.82, 2.24) is 14.4 Å². The summed E-state index contributed by atoms with van der Waals surface area (Å²) in [7, 11) is 0. The summed E-state index contributed by atoms with van der Waals surface area (Å²) in [6.07, 6.45) is 1.82. The molecule has 3 heterocycles. The molecular weight excluding hydrogens is 478 g/mol. The van der Waals surface area contributed by atoms with E-state index in [0.717, 1.165) is 44.1 Å². The summed E-state index contributed by atoms with van der Waals surface area (Å²) in [5.41, 5.74) is 2.46. The van der Waals surface area contributed by atoms with Crippen LogP contribution in [-0.2, 0) is 17.9 Å². The van der Waals surface area contributed by atoms with E-state index in [-0.39, 0.29) is 17.0 Å². The first-order valence-electron chi connectivity index (χ1n) is 11.8. The molecule has 2 saturated heterocycles. The number of nitriles is 1. The van der Waals surface area contributed by atoms with E-state index in [4.69, 9.17) is 12.2 Å². The van der Waals surface area contributed by atoms with E-state index >= 15 is 0 Å². The standard InChI is InChI=1S/C26H29N5O2S2/c1-4-30-23(29-13-11-28(12-14-29)17-19-9-7-6-8-10-19)20(18(3)21(16-27)24(30)32)15-22-25(33)31(5-2)26(34)35-22/h6-10,15H,4-5,11-14,17H2,1-3H3/b22-15-. The average Bonchev–Trinajstić information content (AvgIpc) is 3.14. The van der Waals surface area contributed by atoms with Gasteiger partial charge in [0.05, 0.1) is 4.91 Å². The number of benzene rings is 1. The summed E-state index contributed by atoms with van der Waals surface area (Å²) >= 11 is 6.66. The topological polar surface area (TPSA) is 72.6 Å². The van der Waals surface area contributed by atoms with Crippen molar-refractivity contribution in [3.63, 3.8) is 0 Å². The van der Waals surface area contributed by atoms with Gasteiger partial charge in [0.15, 0.2) is 0 Å². The number of anilines is 1. The lowest BCUT2D eigenvalue weighted by Crippen LogP contribution is -2.48. The van der Waals surface area contributed by atoms with Gasteiger partial charge < -0.3 is 4.90 Å². The summed E-state index contributed by atoms with van der Waals surface area (Å²) in [4.78, 5) is 32.9. The SMILES string of the molecule is CCN1C(=O)/C(=C/c2c(C)c(C#N)c(=O)n(CC)c2N2CCN(Cc3ccccc3)CC2)SC1=S. The number of likely N-dealkylation sites (N-methyl/N-ethyl adjacent to an activating group) is 1. The molecular formula is C26H29N5O2S2. The van der Waals surface area contributed by atoms with Crippen LogP contribution in [0.4, 0.5) is 5.82 Å². The number of carbonyl (C=O) groups is 1. The van der Waals surface area contributed by atoms with Crippen molar-refractivity contribution < 1.29 is 4.79 Å². The van der Waals surface area contributed by atoms with Crippen LogP contribution in [0.1, 0.15) is 36.1 Å². The van der Waals surface area contributed by atoms with Gasteiger partial charge >= 0.3 is 0 Å². The Morgan fingerprint density at radius 1 is 1.09 bits per heavy atom. The highest BCUT2D eigenvalue weighted by atomic mass is 32.2. The molecule has 1 aromatic carbocycles. The Morgan fingerprint density at radius 3 is 2.34 bits per heavy atom. The van der Waals surface area contributed by atoms with Crippen molar-refractivity contribution in [1.29, 1.82) is 5.26 Å². The van der Waals surface area contributed by atoms with Crippen LogP contribution >= 0.6 is 24.0 Å². The van der Waals surface area contributed by atoms with Crippen LogP contribution in [-0.4, -0.2) is 57.3 Å². The van der Waals surface area contributed by atoms with Crippen LogP contribution in [0.5, 0.6) is 0 Å². The van der Waals surface area contributed by atoms with Gasteiger partial charge in [0, 0.05) is 51.4 Å². The quantitative estimate of drug-likeness (QED) is 0.437. The van der Waals surface area contributed by atoms with Crippen LogP contribution in [0, 0.1) is 18.3 Å². The van der Waals surface area contributed by atoms with Crippen molar-refractivity contribution in [2.45, 2.75) is 33.9 Å². The second-order valence-corrected chi connectivity index (χ2v) is 10.2. The number of hydrogen-bond acceptors (Lipinski definition) is 7. The Hall–Kier alpha value is -2.93. The van der Waals surface area contributed by atoms with E-state index in [1.54, 1.807) is 16.4 Å². The highest BCUT2D eigenvalue weighted by Crippen LogP contribution is 2.36. The average molecular weight is 508 g/mol. The first kappa shape index (κ1) is 25.2. The van der Waals surface area contributed by atoms with Crippen LogP contribution in [0.25, 0.3) is 6.08 Å². The van der Waals surface area contributed by atoms with Gasteiger partial charge in [-0.2, -0.15) is 5.26 Å². The van der Waals surface area contributed by atoms with E-state index < -0.39 is 0 Å². The summed E-state index contributed by atoms with van der Waals surface area (Å²) in [5.74, 6) is 0.642. The Balaban J connectivity index is 1.72. The van der Waals surface area contributed by atoms with Crippen LogP contribution in [0.2, 0.25) is 0 Å². The molecule has 2 aromatic rings. The number of thiocarbonyl (C=S) groups is 1. The van der Waals surface area contributed by atoms with E-state index in [1.807, 2.05) is 26.0 Å². The zero-order valence-corrected chi connectivity index (χ0v) is 21.9. The van der Waals surface area contributed by atoms with Crippen molar-refractivity contribution >= 4 is 46.1 Å². The van der Waals surface area contributed by atoms with Gasteiger partial charge in [-0.3, -0.25) is 24.0 Å². The number of rotatable bonds is 6. The highest BCUT2D eigenvalue weighted by molar-refractivity contribution is 8.26. The minimum absolute atomic E-state index is 0.121. The Labute approximate surface area is 215 Å². The van der Waals surface area contributed by atoms with Gasteiger partial charge in [0.2, 0.25) is 0 Å². The lowest BCUT2D eigenvalue weighted by molar-refractivity contribution is -0.121. The largest absolute Gasteiger partial charge is 0.355 e. The summed E-state index contributed by atoms with van der Waals surface area (Å²) in [5, 5.41) is 9.75. The summed E-state index contributed by atoms with van der Waals surface area (Å²) < 4.78 is 2.20. The molecule has 0 radical (unpaired) electrons. The van der Waals surface area contributed by atoms with Gasteiger partial charge in [-0.15, -0.1) is 0 Å². The molecule has 1 aromatic heterocycles. The molecule has 35 heavy (non-hydrogen) atoms.